The molecular weight excluding hydrogens is 253 g/mol. The van der Waals surface area contributed by atoms with Gasteiger partial charge in [0.25, 0.3) is 0 Å². The summed E-state index contributed by atoms with van der Waals surface area (Å²) in [5, 5.41) is 4.18. The van der Waals surface area contributed by atoms with Gasteiger partial charge in [0.2, 0.25) is 4.77 Å². The molecular formula is C9H7Cl2N3S. The molecule has 0 aliphatic rings. The molecule has 0 aliphatic heterocycles. The fourth-order valence-electron chi connectivity index (χ4n) is 1.20. The Hall–Kier alpha value is -0.840. The zero-order valence-electron chi connectivity index (χ0n) is 7.79. The topological polar surface area (TPSA) is 33.6 Å². The smallest absolute Gasteiger partial charge is 0.216 e. The van der Waals surface area contributed by atoms with E-state index in [1.807, 2.05) is 0 Å². The van der Waals surface area contributed by atoms with Gasteiger partial charge >= 0.3 is 0 Å². The molecule has 0 fully saturated rings. The number of nitrogens with zero attached hydrogens (tertiary/aromatic N) is 2. The van der Waals surface area contributed by atoms with Gasteiger partial charge in [0.05, 0.1) is 5.02 Å². The molecule has 1 N–H and O–H groups in total. The second-order valence-electron chi connectivity index (χ2n) is 3.04. The van der Waals surface area contributed by atoms with Crippen LogP contribution in [0.5, 0.6) is 0 Å². The average Bonchev–Trinajstić information content (AvgIpc) is 2.51. The highest BCUT2D eigenvalue weighted by molar-refractivity contribution is 7.71. The van der Waals surface area contributed by atoms with Crippen LogP contribution in [0.4, 0.5) is 0 Å². The van der Waals surface area contributed by atoms with Gasteiger partial charge < -0.3 is 0 Å². The summed E-state index contributed by atoms with van der Waals surface area (Å²) in [5.41, 5.74) is 0.746. The molecule has 0 spiro atoms. The van der Waals surface area contributed by atoms with E-state index in [4.69, 9.17) is 35.4 Å². The maximum absolute atomic E-state index is 6.03. The van der Waals surface area contributed by atoms with Crippen molar-refractivity contribution in [2.75, 3.05) is 0 Å². The Kier molecular flexibility index (Phi) is 2.82. The van der Waals surface area contributed by atoms with Crippen LogP contribution in [0.1, 0.15) is 0 Å². The van der Waals surface area contributed by atoms with Crippen molar-refractivity contribution >= 4 is 35.4 Å². The standard InChI is InChI=1S/C9H7Cl2N3S/c1-14-9(15)12-8(13-14)6-4-5(10)2-3-7(6)11/h2-4H,1H3,(H,12,13,15). The highest BCUT2D eigenvalue weighted by atomic mass is 35.5. The number of halogens is 2. The van der Waals surface area contributed by atoms with Crippen LogP contribution in [0.2, 0.25) is 10.0 Å². The third-order valence-corrected chi connectivity index (χ3v) is 2.88. The summed E-state index contributed by atoms with van der Waals surface area (Å²) in [6, 6.07) is 5.20. The second-order valence-corrected chi connectivity index (χ2v) is 4.25. The van der Waals surface area contributed by atoms with E-state index in [1.165, 1.54) is 0 Å². The number of H-pyrrole nitrogens is 1. The molecule has 0 saturated heterocycles. The van der Waals surface area contributed by atoms with E-state index < -0.39 is 0 Å². The molecule has 3 nitrogen and oxygen atoms in total. The Morgan fingerprint density at radius 1 is 1.40 bits per heavy atom. The number of hydrogen-bond donors (Lipinski definition) is 1. The number of aryl methyl sites for hydroxylation is 1. The van der Waals surface area contributed by atoms with Crippen LogP contribution >= 0.6 is 35.4 Å². The van der Waals surface area contributed by atoms with E-state index in [2.05, 4.69) is 10.1 Å². The summed E-state index contributed by atoms with van der Waals surface area (Å²) in [6.07, 6.45) is 0. The number of aromatic amines is 1. The van der Waals surface area contributed by atoms with Crippen molar-refractivity contribution in [2.45, 2.75) is 0 Å². The number of benzene rings is 1. The Labute approximate surface area is 102 Å². The monoisotopic (exact) mass is 259 g/mol. The molecule has 15 heavy (non-hydrogen) atoms. The molecule has 6 heteroatoms. The molecule has 2 rings (SSSR count). The van der Waals surface area contributed by atoms with Gasteiger partial charge in [0.1, 0.15) is 0 Å². The molecule has 2 aromatic rings. The minimum absolute atomic E-state index is 0.473. The summed E-state index contributed by atoms with van der Waals surface area (Å²) < 4.78 is 2.11. The van der Waals surface area contributed by atoms with Crippen molar-refractivity contribution < 1.29 is 0 Å². The lowest BCUT2D eigenvalue weighted by atomic mass is 10.2. The number of rotatable bonds is 1. The predicted molar refractivity (Wildman–Crippen MR) is 63.8 cm³/mol. The summed E-state index contributed by atoms with van der Waals surface area (Å²) >= 11 is 16.9. The van der Waals surface area contributed by atoms with Crippen LogP contribution in [-0.4, -0.2) is 14.8 Å². The first-order chi connectivity index (χ1) is 7.08. The normalized spacial score (nSPS) is 10.6. The Morgan fingerprint density at radius 3 is 2.73 bits per heavy atom. The van der Waals surface area contributed by atoms with Crippen molar-refractivity contribution in [3.05, 3.63) is 33.0 Å². The van der Waals surface area contributed by atoms with Gasteiger partial charge in [-0.1, -0.05) is 23.2 Å². The number of nitrogens with one attached hydrogen (secondary N) is 1. The summed E-state index contributed by atoms with van der Waals surface area (Å²) in [6.45, 7) is 0. The van der Waals surface area contributed by atoms with Crippen LogP contribution in [0.3, 0.4) is 0 Å². The van der Waals surface area contributed by atoms with Crippen LogP contribution in [-0.2, 0) is 7.05 Å². The molecule has 1 aromatic heterocycles. The molecule has 0 aliphatic carbocycles. The first-order valence-electron chi connectivity index (χ1n) is 4.16. The van der Waals surface area contributed by atoms with Crippen LogP contribution in [0.25, 0.3) is 11.4 Å². The summed E-state index contributed by atoms with van der Waals surface area (Å²) in [4.78, 5) is 4.16. The lowest BCUT2D eigenvalue weighted by molar-refractivity contribution is 0.756. The molecule has 1 heterocycles. The highest BCUT2D eigenvalue weighted by Crippen LogP contribution is 2.27. The largest absolute Gasteiger partial charge is 0.279 e. The van der Waals surface area contributed by atoms with Crippen LogP contribution in [0.15, 0.2) is 18.2 Å². The van der Waals surface area contributed by atoms with Crippen molar-refractivity contribution in [3.8, 4) is 11.4 Å². The quantitative estimate of drug-likeness (QED) is 0.797. The van der Waals surface area contributed by atoms with Crippen molar-refractivity contribution in [2.24, 2.45) is 7.05 Å². The van der Waals surface area contributed by atoms with Gasteiger partial charge in [0, 0.05) is 17.6 Å². The Balaban J connectivity index is 2.63. The molecule has 0 radical (unpaired) electrons. The summed E-state index contributed by atoms with van der Waals surface area (Å²) in [7, 11) is 1.79. The van der Waals surface area contributed by atoms with Crippen molar-refractivity contribution in [3.63, 3.8) is 0 Å². The van der Waals surface area contributed by atoms with E-state index >= 15 is 0 Å². The van der Waals surface area contributed by atoms with E-state index in [9.17, 15) is 0 Å². The van der Waals surface area contributed by atoms with Gasteiger partial charge in [-0.2, -0.15) is 4.98 Å². The predicted octanol–water partition coefficient (Wildman–Crippen LogP) is 3.45. The molecule has 78 valence electrons. The number of aromatic nitrogens is 3. The third-order valence-electron chi connectivity index (χ3n) is 1.95. The van der Waals surface area contributed by atoms with Gasteiger partial charge in [-0.05, 0) is 30.4 Å². The minimum atomic E-state index is 0.473. The van der Waals surface area contributed by atoms with Gasteiger partial charge in [-0.25, -0.2) is 0 Å². The maximum atomic E-state index is 6.03. The zero-order valence-corrected chi connectivity index (χ0v) is 10.1. The molecule has 1 aromatic carbocycles. The van der Waals surface area contributed by atoms with E-state index in [0.29, 0.717) is 20.6 Å². The lowest BCUT2D eigenvalue weighted by Crippen LogP contribution is -1.89. The number of hydrogen-bond acceptors (Lipinski definition) is 2. The first kappa shape index (κ1) is 10.7. The second kappa shape index (κ2) is 3.96. The van der Waals surface area contributed by atoms with E-state index in [-0.39, 0.29) is 0 Å². The maximum Gasteiger partial charge on any atom is 0.216 e. The lowest BCUT2D eigenvalue weighted by Gasteiger charge is -2.00. The Bertz CT molecular complexity index is 559. The summed E-state index contributed by atoms with van der Waals surface area (Å²) in [5.74, 6) is 0.620. The third kappa shape index (κ3) is 2.07. The van der Waals surface area contributed by atoms with Gasteiger partial charge in [-0.15, -0.1) is 0 Å². The SMILES string of the molecule is Cn1[nH]c(-c2cc(Cl)ccc2Cl)nc1=S. The van der Waals surface area contributed by atoms with Crippen LogP contribution in [0, 0.1) is 4.77 Å². The average molecular weight is 260 g/mol. The molecule has 0 saturated carbocycles. The fraction of sp³-hybridized carbons (Fsp3) is 0.111. The van der Waals surface area contributed by atoms with E-state index in [0.717, 1.165) is 5.56 Å². The minimum Gasteiger partial charge on any atom is -0.279 e. The fourth-order valence-corrected chi connectivity index (χ4v) is 1.72. The first-order valence-corrected chi connectivity index (χ1v) is 5.33. The highest BCUT2D eigenvalue weighted by Gasteiger charge is 2.08. The Morgan fingerprint density at radius 2 is 2.13 bits per heavy atom. The molecule has 0 amide bonds. The van der Waals surface area contributed by atoms with Crippen molar-refractivity contribution in [1.82, 2.24) is 14.8 Å². The van der Waals surface area contributed by atoms with Gasteiger partial charge in [-0.3, -0.25) is 9.78 Å². The molecule has 0 unspecified atom stereocenters. The zero-order chi connectivity index (χ0) is 11.0. The van der Waals surface area contributed by atoms with Crippen molar-refractivity contribution in [1.29, 1.82) is 0 Å². The van der Waals surface area contributed by atoms with Gasteiger partial charge in [0.15, 0.2) is 5.82 Å². The van der Waals surface area contributed by atoms with E-state index in [1.54, 1.807) is 29.9 Å². The molecule has 0 atom stereocenters. The van der Waals surface area contributed by atoms with Crippen LogP contribution < -0.4 is 0 Å². The molecule has 0 bridgehead atoms.